The number of hydrogen-bond donors (Lipinski definition) is 0. The highest BCUT2D eigenvalue weighted by atomic mass is 35.5. The fourth-order valence-electron chi connectivity index (χ4n) is 1.10. The van der Waals surface area contributed by atoms with E-state index in [1.807, 2.05) is 6.92 Å². The zero-order valence-electron chi connectivity index (χ0n) is 7.25. The summed E-state index contributed by atoms with van der Waals surface area (Å²) in [5.41, 5.74) is -0.272. The first-order valence-electron chi connectivity index (χ1n) is 3.91. The zero-order chi connectivity index (χ0) is 10.9. The number of halogens is 5. The molecule has 0 heterocycles. The van der Waals surface area contributed by atoms with Gasteiger partial charge in [-0.15, -0.1) is 0 Å². The van der Waals surface area contributed by atoms with E-state index in [9.17, 15) is 13.2 Å². The van der Waals surface area contributed by atoms with Crippen LogP contribution >= 0.6 is 23.2 Å². The SMILES string of the molecule is CCc1cc(Cl)c(C(F)(F)F)c(Cl)c1. The average molecular weight is 243 g/mol. The molecule has 0 saturated carbocycles. The second-order valence-electron chi connectivity index (χ2n) is 2.79. The van der Waals surface area contributed by atoms with E-state index in [2.05, 4.69) is 0 Å². The molecule has 1 aromatic rings. The van der Waals surface area contributed by atoms with Gasteiger partial charge in [0.25, 0.3) is 0 Å². The van der Waals surface area contributed by atoms with Crippen molar-refractivity contribution in [2.75, 3.05) is 0 Å². The molecule has 0 spiro atoms. The van der Waals surface area contributed by atoms with Gasteiger partial charge in [-0.2, -0.15) is 13.2 Å². The minimum atomic E-state index is -4.50. The van der Waals surface area contributed by atoms with Gasteiger partial charge in [0.05, 0.1) is 15.6 Å². The van der Waals surface area contributed by atoms with E-state index in [1.54, 1.807) is 0 Å². The van der Waals surface area contributed by atoms with Crippen LogP contribution in [-0.4, -0.2) is 0 Å². The van der Waals surface area contributed by atoms with Gasteiger partial charge < -0.3 is 0 Å². The molecule has 1 aromatic carbocycles. The molecule has 0 N–H and O–H groups in total. The molecule has 0 aromatic heterocycles. The average Bonchev–Trinajstić information content (AvgIpc) is 1.99. The zero-order valence-corrected chi connectivity index (χ0v) is 8.76. The van der Waals surface area contributed by atoms with Crippen molar-refractivity contribution in [3.63, 3.8) is 0 Å². The van der Waals surface area contributed by atoms with E-state index in [0.717, 1.165) is 0 Å². The maximum absolute atomic E-state index is 12.4. The lowest BCUT2D eigenvalue weighted by Gasteiger charge is -2.12. The van der Waals surface area contributed by atoms with Crippen LogP contribution in [0.4, 0.5) is 13.2 Å². The minimum Gasteiger partial charge on any atom is -0.166 e. The summed E-state index contributed by atoms with van der Waals surface area (Å²) >= 11 is 11.0. The van der Waals surface area contributed by atoms with Crippen molar-refractivity contribution >= 4 is 23.2 Å². The summed E-state index contributed by atoms with van der Waals surface area (Å²) < 4.78 is 37.1. The number of aryl methyl sites for hydroxylation is 1. The third-order valence-corrected chi connectivity index (χ3v) is 2.39. The monoisotopic (exact) mass is 242 g/mol. The van der Waals surface area contributed by atoms with Gasteiger partial charge in [-0.25, -0.2) is 0 Å². The normalized spacial score (nSPS) is 11.9. The van der Waals surface area contributed by atoms with E-state index >= 15 is 0 Å². The maximum Gasteiger partial charge on any atom is 0.419 e. The Labute approximate surface area is 89.6 Å². The van der Waals surface area contributed by atoms with Crippen molar-refractivity contribution in [3.05, 3.63) is 33.3 Å². The number of hydrogen-bond acceptors (Lipinski definition) is 0. The Balaban J connectivity index is 3.33. The molecule has 0 unspecified atom stereocenters. The van der Waals surface area contributed by atoms with Crippen molar-refractivity contribution in [3.8, 4) is 0 Å². The standard InChI is InChI=1S/C9H7Cl2F3/c1-2-5-3-6(10)8(7(11)4-5)9(12,13)14/h3-4H,2H2,1H3. The van der Waals surface area contributed by atoms with Gasteiger partial charge >= 0.3 is 6.18 Å². The van der Waals surface area contributed by atoms with Gasteiger partial charge in [-0.1, -0.05) is 30.1 Å². The van der Waals surface area contributed by atoms with Gasteiger partial charge in [0.1, 0.15) is 0 Å². The topological polar surface area (TPSA) is 0 Å². The predicted octanol–water partition coefficient (Wildman–Crippen LogP) is 4.57. The quantitative estimate of drug-likeness (QED) is 0.677. The lowest BCUT2D eigenvalue weighted by molar-refractivity contribution is -0.137. The second-order valence-corrected chi connectivity index (χ2v) is 3.60. The van der Waals surface area contributed by atoms with Crippen LogP contribution in [0.5, 0.6) is 0 Å². The van der Waals surface area contributed by atoms with Crippen LogP contribution in [0.15, 0.2) is 12.1 Å². The second kappa shape index (κ2) is 3.99. The highest BCUT2D eigenvalue weighted by Crippen LogP contribution is 2.40. The molecule has 14 heavy (non-hydrogen) atoms. The molecule has 0 amide bonds. The highest BCUT2D eigenvalue weighted by Gasteiger charge is 2.35. The molecule has 78 valence electrons. The van der Waals surface area contributed by atoms with Crippen molar-refractivity contribution in [1.29, 1.82) is 0 Å². The fourth-order valence-corrected chi connectivity index (χ4v) is 1.85. The van der Waals surface area contributed by atoms with Gasteiger partial charge in [0.15, 0.2) is 0 Å². The molecule has 0 fully saturated rings. The lowest BCUT2D eigenvalue weighted by atomic mass is 10.1. The Bertz CT molecular complexity index is 321. The third kappa shape index (κ3) is 2.34. The molecule has 0 aliphatic heterocycles. The van der Waals surface area contributed by atoms with E-state index in [-0.39, 0.29) is 10.0 Å². The first-order valence-corrected chi connectivity index (χ1v) is 4.67. The number of alkyl halides is 3. The summed E-state index contributed by atoms with van der Waals surface area (Å²) in [7, 11) is 0. The van der Waals surface area contributed by atoms with E-state index in [1.165, 1.54) is 12.1 Å². The Kier molecular flexibility index (Phi) is 3.32. The van der Waals surface area contributed by atoms with Crippen LogP contribution in [0.3, 0.4) is 0 Å². The van der Waals surface area contributed by atoms with Gasteiger partial charge in [0, 0.05) is 0 Å². The smallest absolute Gasteiger partial charge is 0.166 e. The number of rotatable bonds is 1. The molecule has 0 aliphatic carbocycles. The summed E-state index contributed by atoms with van der Waals surface area (Å²) in [4.78, 5) is 0. The Hall–Kier alpha value is -0.410. The number of benzene rings is 1. The van der Waals surface area contributed by atoms with Crippen molar-refractivity contribution in [2.24, 2.45) is 0 Å². The van der Waals surface area contributed by atoms with Crippen molar-refractivity contribution in [1.82, 2.24) is 0 Å². The van der Waals surface area contributed by atoms with E-state index in [4.69, 9.17) is 23.2 Å². The Morgan fingerprint density at radius 3 is 1.86 bits per heavy atom. The van der Waals surface area contributed by atoms with E-state index in [0.29, 0.717) is 12.0 Å². The van der Waals surface area contributed by atoms with Crippen molar-refractivity contribution < 1.29 is 13.2 Å². The molecule has 0 saturated heterocycles. The first-order chi connectivity index (χ1) is 6.36. The molecule has 0 radical (unpaired) electrons. The molecule has 0 bridgehead atoms. The predicted molar refractivity (Wildman–Crippen MR) is 50.8 cm³/mol. The molecule has 0 aliphatic rings. The van der Waals surface area contributed by atoms with Crippen molar-refractivity contribution in [2.45, 2.75) is 19.5 Å². The third-order valence-electron chi connectivity index (χ3n) is 1.79. The summed E-state index contributed by atoms with van der Waals surface area (Å²) in [6.07, 6.45) is -3.90. The van der Waals surface area contributed by atoms with Crippen LogP contribution in [0.25, 0.3) is 0 Å². The summed E-state index contributed by atoms with van der Waals surface area (Å²) in [5, 5.41) is -0.691. The largest absolute Gasteiger partial charge is 0.419 e. The van der Waals surface area contributed by atoms with Crippen LogP contribution < -0.4 is 0 Å². The van der Waals surface area contributed by atoms with Crippen LogP contribution in [0, 0.1) is 0 Å². The molecule has 0 nitrogen and oxygen atoms in total. The molecular weight excluding hydrogens is 236 g/mol. The summed E-state index contributed by atoms with van der Waals surface area (Å²) in [6.45, 7) is 1.81. The van der Waals surface area contributed by atoms with Crippen LogP contribution in [0.1, 0.15) is 18.1 Å². The first kappa shape index (κ1) is 11.7. The van der Waals surface area contributed by atoms with Crippen LogP contribution in [0.2, 0.25) is 10.0 Å². The summed E-state index contributed by atoms with van der Waals surface area (Å²) in [6, 6.07) is 2.58. The van der Waals surface area contributed by atoms with Gasteiger partial charge in [-0.3, -0.25) is 0 Å². The highest BCUT2D eigenvalue weighted by molar-refractivity contribution is 6.36. The minimum absolute atomic E-state index is 0.346. The molecule has 1 rings (SSSR count). The molecular formula is C9H7Cl2F3. The van der Waals surface area contributed by atoms with Crippen LogP contribution in [-0.2, 0) is 12.6 Å². The van der Waals surface area contributed by atoms with E-state index < -0.39 is 11.7 Å². The molecule has 0 atom stereocenters. The maximum atomic E-state index is 12.4. The lowest BCUT2D eigenvalue weighted by Crippen LogP contribution is -2.07. The Morgan fingerprint density at radius 1 is 1.14 bits per heavy atom. The fraction of sp³-hybridized carbons (Fsp3) is 0.333. The van der Waals surface area contributed by atoms with Gasteiger partial charge in [0.2, 0.25) is 0 Å². The Morgan fingerprint density at radius 2 is 1.57 bits per heavy atom. The van der Waals surface area contributed by atoms with Gasteiger partial charge in [-0.05, 0) is 24.1 Å². The summed E-state index contributed by atoms with van der Waals surface area (Å²) in [5.74, 6) is 0. The molecule has 5 heteroatoms.